The van der Waals surface area contributed by atoms with E-state index in [0.717, 1.165) is 28.2 Å². The van der Waals surface area contributed by atoms with E-state index in [1.807, 2.05) is 28.9 Å². The number of fused-ring (bicyclic) bond motifs is 5. The van der Waals surface area contributed by atoms with Crippen molar-refractivity contribution in [1.82, 2.24) is 15.0 Å². The van der Waals surface area contributed by atoms with Crippen molar-refractivity contribution in [2.75, 3.05) is 5.01 Å². The van der Waals surface area contributed by atoms with Crippen LogP contribution in [0.2, 0.25) is 0 Å². The third kappa shape index (κ3) is 2.12. The first-order valence-corrected chi connectivity index (χ1v) is 7.82. The molecule has 0 fully saturated rings. The first kappa shape index (κ1) is 14.0. The average Bonchev–Trinajstić information content (AvgIpc) is 2.99. The Morgan fingerprint density at radius 2 is 1.70 bits per heavy atom. The Morgan fingerprint density at radius 1 is 1.00 bits per heavy atom. The zero-order chi connectivity index (χ0) is 16.0. The molecule has 0 unspecified atom stereocenters. The Hall–Kier alpha value is -2.66. The van der Waals surface area contributed by atoms with Gasteiger partial charge in [0.15, 0.2) is 0 Å². The normalized spacial score (nSPS) is 13.1. The first-order chi connectivity index (χ1) is 11.2. The number of nitrogens with zero attached hydrogens (tertiary/aromatic N) is 4. The summed E-state index contributed by atoms with van der Waals surface area (Å²) in [6.45, 7) is 4.89. The van der Waals surface area contributed by atoms with Crippen molar-refractivity contribution < 1.29 is 0 Å². The van der Waals surface area contributed by atoms with E-state index < -0.39 is 0 Å². The van der Waals surface area contributed by atoms with Crippen molar-refractivity contribution in [1.29, 1.82) is 0 Å². The van der Waals surface area contributed by atoms with Crippen LogP contribution in [0, 0.1) is 0 Å². The van der Waals surface area contributed by atoms with Crippen molar-refractivity contribution >= 4 is 5.69 Å². The summed E-state index contributed by atoms with van der Waals surface area (Å²) in [4.78, 5) is 0. The molecule has 0 aliphatic carbocycles. The summed E-state index contributed by atoms with van der Waals surface area (Å²) in [6.07, 6.45) is 0. The first-order valence-electron chi connectivity index (χ1n) is 7.82. The van der Waals surface area contributed by atoms with Crippen molar-refractivity contribution in [3.63, 3.8) is 0 Å². The summed E-state index contributed by atoms with van der Waals surface area (Å²) in [5, 5.41) is 10.7. The van der Waals surface area contributed by atoms with Crippen molar-refractivity contribution in [2.45, 2.75) is 26.4 Å². The second kappa shape index (κ2) is 5.21. The molecule has 1 aliphatic heterocycles. The van der Waals surface area contributed by atoms with E-state index in [1.54, 1.807) is 5.01 Å². The number of hydrogen-bond acceptors (Lipinski definition) is 4. The maximum Gasteiger partial charge on any atom is 0.123 e. The van der Waals surface area contributed by atoms with Crippen molar-refractivity contribution in [3.05, 3.63) is 54.1 Å². The fourth-order valence-corrected chi connectivity index (χ4v) is 3.17. The fraction of sp³-hybridized carbons (Fsp3) is 0.222. The molecule has 116 valence electrons. The Kier molecular flexibility index (Phi) is 3.16. The number of nitrogens with two attached hydrogens (primary N) is 1. The van der Waals surface area contributed by atoms with E-state index >= 15 is 0 Å². The molecular formula is C18H19N5. The van der Waals surface area contributed by atoms with Gasteiger partial charge in [0.2, 0.25) is 0 Å². The molecule has 0 bridgehead atoms. The minimum atomic E-state index is 0.236. The maximum absolute atomic E-state index is 6.33. The van der Waals surface area contributed by atoms with Crippen LogP contribution in [-0.2, 0) is 6.54 Å². The van der Waals surface area contributed by atoms with E-state index in [-0.39, 0.29) is 6.04 Å². The highest BCUT2D eigenvalue weighted by molar-refractivity contribution is 5.87. The minimum Gasteiger partial charge on any atom is -0.306 e. The lowest BCUT2D eigenvalue weighted by Crippen LogP contribution is -2.31. The summed E-state index contributed by atoms with van der Waals surface area (Å²) in [5.41, 5.74) is 6.26. The molecular weight excluding hydrogens is 286 g/mol. The van der Waals surface area contributed by atoms with Gasteiger partial charge in [0.1, 0.15) is 5.69 Å². The minimum absolute atomic E-state index is 0.236. The molecule has 3 aromatic rings. The van der Waals surface area contributed by atoms with E-state index in [1.165, 1.54) is 5.56 Å². The van der Waals surface area contributed by atoms with Gasteiger partial charge in [-0.25, -0.2) is 10.5 Å². The highest BCUT2D eigenvalue weighted by Gasteiger charge is 2.25. The Balaban J connectivity index is 2.10. The topological polar surface area (TPSA) is 60.0 Å². The molecule has 2 aromatic carbocycles. The SMILES string of the molecule is CC(C)n1nnc2c1-c1ccccc1CN(N)c1ccccc1-2. The van der Waals surface area contributed by atoms with Gasteiger partial charge in [-0.1, -0.05) is 47.7 Å². The van der Waals surface area contributed by atoms with Crippen LogP contribution in [0.25, 0.3) is 22.5 Å². The van der Waals surface area contributed by atoms with Crippen LogP contribution in [0.1, 0.15) is 25.5 Å². The van der Waals surface area contributed by atoms with Gasteiger partial charge in [0, 0.05) is 17.2 Å². The molecule has 0 amide bonds. The number of hydrogen-bond donors (Lipinski definition) is 1. The van der Waals surface area contributed by atoms with Gasteiger partial charge in [-0.15, -0.1) is 5.10 Å². The molecule has 0 radical (unpaired) electrons. The van der Waals surface area contributed by atoms with Crippen LogP contribution in [0.15, 0.2) is 48.5 Å². The zero-order valence-electron chi connectivity index (χ0n) is 13.3. The molecule has 2 N–H and O–H groups in total. The van der Waals surface area contributed by atoms with Crippen molar-refractivity contribution in [3.8, 4) is 22.5 Å². The lowest BCUT2D eigenvalue weighted by atomic mass is 9.96. The largest absolute Gasteiger partial charge is 0.306 e. The summed E-state index contributed by atoms with van der Waals surface area (Å²) in [7, 11) is 0. The van der Waals surface area contributed by atoms with Crippen LogP contribution in [-0.4, -0.2) is 15.0 Å². The third-order valence-corrected chi connectivity index (χ3v) is 4.27. The summed E-state index contributed by atoms with van der Waals surface area (Å²) in [6, 6.07) is 16.7. The standard InChI is InChI=1S/C18H19N5/c1-12(2)23-18-14-8-4-3-7-13(14)11-22(19)16-10-6-5-9-15(16)17(18)20-21-23/h3-10,12H,11,19H2,1-2H3. The molecule has 1 aliphatic rings. The highest BCUT2D eigenvalue weighted by atomic mass is 15.4. The van der Waals surface area contributed by atoms with Gasteiger partial charge in [-0.3, -0.25) is 0 Å². The molecule has 0 atom stereocenters. The zero-order valence-corrected chi connectivity index (χ0v) is 13.3. The quantitative estimate of drug-likeness (QED) is 0.700. The molecule has 0 saturated carbocycles. The van der Waals surface area contributed by atoms with Gasteiger partial charge >= 0.3 is 0 Å². The van der Waals surface area contributed by atoms with Crippen LogP contribution < -0.4 is 10.9 Å². The van der Waals surface area contributed by atoms with Crippen LogP contribution in [0.4, 0.5) is 5.69 Å². The fourth-order valence-electron chi connectivity index (χ4n) is 3.17. The smallest absolute Gasteiger partial charge is 0.123 e. The molecule has 2 heterocycles. The molecule has 5 heteroatoms. The van der Waals surface area contributed by atoms with E-state index in [9.17, 15) is 0 Å². The lowest BCUT2D eigenvalue weighted by molar-refractivity contribution is 0.519. The molecule has 5 nitrogen and oxygen atoms in total. The average molecular weight is 305 g/mol. The molecule has 4 rings (SSSR count). The van der Waals surface area contributed by atoms with E-state index in [2.05, 4.69) is 48.4 Å². The Bertz CT molecular complexity index is 865. The third-order valence-electron chi connectivity index (χ3n) is 4.27. The lowest BCUT2D eigenvalue weighted by Gasteiger charge is -2.26. The Morgan fingerprint density at radius 3 is 2.48 bits per heavy atom. The maximum atomic E-state index is 6.33. The van der Waals surface area contributed by atoms with Gasteiger partial charge in [0.25, 0.3) is 0 Å². The number of anilines is 1. The number of aromatic nitrogens is 3. The van der Waals surface area contributed by atoms with Crippen LogP contribution in [0.5, 0.6) is 0 Å². The number of benzene rings is 2. The van der Waals surface area contributed by atoms with Crippen LogP contribution >= 0.6 is 0 Å². The van der Waals surface area contributed by atoms with E-state index in [4.69, 9.17) is 5.84 Å². The molecule has 0 saturated heterocycles. The van der Waals surface area contributed by atoms with Crippen LogP contribution in [0.3, 0.4) is 0 Å². The Labute approximate surface area is 135 Å². The number of rotatable bonds is 1. The second-order valence-corrected chi connectivity index (χ2v) is 6.13. The second-order valence-electron chi connectivity index (χ2n) is 6.13. The van der Waals surface area contributed by atoms with Gasteiger partial charge in [0.05, 0.1) is 17.9 Å². The molecule has 1 aromatic heterocycles. The highest BCUT2D eigenvalue weighted by Crippen LogP contribution is 2.40. The van der Waals surface area contributed by atoms with E-state index in [0.29, 0.717) is 6.54 Å². The monoisotopic (exact) mass is 305 g/mol. The van der Waals surface area contributed by atoms with Gasteiger partial charge in [-0.2, -0.15) is 0 Å². The molecule has 0 spiro atoms. The molecule has 23 heavy (non-hydrogen) atoms. The summed E-state index contributed by atoms with van der Waals surface area (Å²) >= 11 is 0. The summed E-state index contributed by atoms with van der Waals surface area (Å²) in [5.74, 6) is 6.33. The predicted molar refractivity (Wildman–Crippen MR) is 91.6 cm³/mol. The van der Waals surface area contributed by atoms with Gasteiger partial charge < -0.3 is 5.01 Å². The van der Waals surface area contributed by atoms with Gasteiger partial charge in [-0.05, 0) is 25.5 Å². The number of hydrazine groups is 1. The summed E-state index contributed by atoms with van der Waals surface area (Å²) < 4.78 is 2.00. The van der Waals surface area contributed by atoms with Crippen molar-refractivity contribution in [2.24, 2.45) is 5.84 Å². The number of para-hydroxylation sites is 1. The predicted octanol–water partition coefficient (Wildman–Crippen LogP) is 3.39.